The van der Waals surface area contributed by atoms with E-state index in [9.17, 15) is 30.3 Å². The number of aliphatic hydroxyl groups excluding tert-OH is 5. The molecule has 0 aliphatic carbocycles. The Hall–Kier alpha value is -1.07. The molecule has 1 heterocycles. The standard InChI is InChI=1S/C39H75NO8/c1-3-5-7-9-11-13-15-16-17-18-19-21-23-25-27-29-35(43)40-32(31-47-39-38(46)37(45)36(44)34(30-41)48-39)33(42)28-26-24-22-20-14-12-10-8-6-4-2/h26,28,32-34,36-39,41-42,44-46H,3-25,27,29-31H2,1-2H3,(H,40,43)/b28-26+/t32-,33+,34+,36-,37?,38?,39+/m0/s1. The molecule has 0 radical (unpaired) electrons. The van der Waals surface area contributed by atoms with E-state index in [0.29, 0.717) is 6.42 Å². The van der Waals surface area contributed by atoms with Gasteiger partial charge in [0.1, 0.15) is 24.4 Å². The average Bonchev–Trinajstić information content (AvgIpc) is 3.08. The smallest absolute Gasteiger partial charge is 0.220 e. The number of unbranched alkanes of at least 4 members (excludes halogenated alkanes) is 22. The van der Waals surface area contributed by atoms with E-state index in [4.69, 9.17) is 9.47 Å². The highest BCUT2D eigenvalue weighted by atomic mass is 16.7. The number of carbonyl (C=O) groups is 1. The summed E-state index contributed by atoms with van der Waals surface area (Å²) in [6, 6.07) is -0.795. The molecule has 1 amide bonds. The Kier molecular flexibility index (Phi) is 28.8. The second-order valence-electron chi connectivity index (χ2n) is 14.1. The fraction of sp³-hybridized carbons (Fsp3) is 0.923. The summed E-state index contributed by atoms with van der Waals surface area (Å²) >= 11 is 0. The molecule has 0 aromatic carbocycles. The second kappa shape index (κ2) is 30.7. The van der Waals surface area contributed by atoms with Gasteiger partial charge in [-0.2, -0.15) is 0 Å². The number of carbonyl (C=O) groups excluding carboxylic acids is 1. The van der Waals surface area contributed by atoms with Crippen LogP contribution in [0.2, 0.25) is 0 Å². The van der Waals surface area contributed by atoms with Crippen LogP contribution in [0, 0.1) is 0 Å². The first-order valence-corrected chi connectivity index (χ1v) is 19.9. The van der Waals surface area contributed by atoms with Gasteiger partial charge in [0.05, 0.1) is 25.4 Å². The molecule has 1 rings (SSSR count). The van der Waals surface area contributed by atoms with Crippen LogP contribution in [0.3, 0.4) is 0 Å². The van der Waals surface area contributed by atoms with Crippen LogP contribution in [0.5, 0.6) is 0 Å². The quantitative estimate of drug-likeness (QED) is 0.0328. The highest BCUT2D eigenvalue weighted by Crippen LogP contribution is 2.22. The molecule has 0 aromatic rings. The van der Waals surface area contributed by atoms with Crippen LogP contribution in [0.15, 0.2) is 12.2 Å². The van der Waals surface area contributed by atoms with Gasteiger partial charge >= 0.3 is 0 Å². The highest BCUT2D eigenvalue weighted by Gasteiger charge is 2.44. The predicted octanol–water partition coefficient (Wildman–Crippen LogP) is 7.00. The first kappa shape index (κ1) is 45.0. The third-order valence-electron chi connectivity index (χ3n) is 9.61. The van der Waals surface area contributed by atoms with Gasteiger partial charge in [-0.15, -0.1) is 0 Å². The van der Waals surface area contributed by atoms with Crippen molar-refractivity contribution in [2.24, 2.45) is 0 Å². The van der Waals surface area contributed by atoms with Crippen molar-refractivity contribution >= 4 is 5.91 Å². The average molecular weight is 686 g/mol. The molecular formula is C39H75NO8. The highest BCUT2D eigenvalue weighted by molar-refractivity contribution is 5.76. The third-order valence-corrected chi connectivity index (χ3v) is 9.61. The van der Waals surface area contributed by atoms with E-state index in [0.717, 1.165) is 38.5 Å². The molecule has 9 heteroatoms. The molecule has 0 bridgehead atoms. The molecule has 7 atom stereocenters. The third kappa shape index (κ3) is 21.9. The molecule has 48 heavy (non-hydrogen) atoms. The number of hydrogen-bond acceptors (Lipinski definition) is 8. The van der Waals surface area contributed by atoms with Crippen LogP contribution in [0.1, 0.15) is 174 Å². The number of nitrogens with one attached hydrogen (secondary N) is 1. The van der Waals surface area contributed by atoms with E-state index in [-0.39, 0.29) is 12.5 Å². The number of allylic oxidation sites excluding steroid dienone is 1. The van der Waals surface area contributed by atoms with Crippen molar-refractivity contribution in [1.82, 2.24) is 5.32 Å². The molecular weight excluding hydrogens is 610 g/mol. The van der Waals surface area contributed by atoms with Crippen LogP contribution in [-0.2, 0) is 14.3 Å². The topological polar surface area (TPSA) is 149 Å². The summed E-state index contributed by atoms with van der Waals surface area (Å²) in [5.74, 6) is -0.178. The first-order valence-electron chi connectivity index (χ1n) is 19.9. The number of amides is 1. The van der Waals surface area contributed by atoms with Gasteiger partial charge in [-0.3, -0.25) is 4.79 Å². The minimum Gasteiger partial charge on any atom is -0.394 e. The molecule has 2 unspecified atom stereocenters. The Balaban J connectivity index is 2.41. The van der Waals surface area contributed by atoms with E-state index in [2.05, 4.69) is 19.2 Å². The number of hydrogen-bond donors (Lipinski definition) is 6. The minimum absolute atomic E-state index is 0.178. The van der Waals surface area contributed by atoms with Gasteiger partial charge < -0.3 is 40.3 Å². The van der Waals surface area contributed by atoms with Gasteiger partial charge in [0.15, 0.2) is 6.29 Å². The molecule has 9 nitrogen and oxygen atoms in total. The minimum atomic E-state index is -1.56. The van der Waals surface area contributed by atoms with Crippen molar-refractivity contribution in [3.63, 3.8) is 0 Å². The summed E-state index contributed by atoms with van der Waals surface area (Å²) in [6.07, 6.45) is 25.4. The maximum atomic E-state index is 12.9. The lowest BCUT2D eigenvalue weighted by Gasteiger charge is -2.40. The fourth-order valence-corrected chi connectivity index (χ4v) is 6.33. The predicted molar refractivity (Wildman–Crippen MR) is 194 cm³/mol. The zero-order valence-electron chi connectivity index (χ0n) is 30.7. The number of rotatable bonds is 32. The molecule has 1 aliphatic rings. The van der Waals surface area contributed by atoms with Crippen LogP contribution < -0.4 is 5.32 Å². The molecule has 0 aromatic heterocycles. The van der Waals surface area contributed by atoms with E-state index < -0.39 is 49.5 Å². The molecule has 284 valence electrons. The van der Waals surface area contributed by atoms with Crippen LogP contribution in [-0.4, -0.2) is 87.5 Å². The molecule has 6 N–H and O–H groups in total. The summed E-state index contributed by atoms with van der Waals surface area (Å²) in [6.45, 7) is 3.74. The summed E-state index contributed by atoms with van der Waals surface area (Å²) in [7, 11) is 0. The van der Waals surface area contributed by atoms with Crippen molar-refractivity contribution in [1.29, 1.82) is 0 Å². The monoisotopic (exact) mass is 686 g/mol. The van der Waals surface area contributed by atoms with Gasteiger partial charge in [-0.05, 0) is 19.3 Å². The lowest BCUT2D eigenvalue weighted by Crippen LogP contribution is -2.60. The Bertz CT molecular complexity index is 766. The van der Waals surface area contributed by atoms with Gasteiger partial charge in [0.25, 0.3) is 0 Å². The molecule has 0 saturated carbocycles. The van der Waals surface area contributed by atoms with Crippen LogP contribution >= 0.6 is 0 Å². The van der Waals surface area contributed by atoms with Crippen LogP contribution in [0.4, 0.5) is 0 Å². The van der Waals surface area contributed by atoms with E-state index >= 15 is 0 Å². The normalized spacial score (nSPS) is 22.7. The molecule has 1 aliphatic heterocycles. The van der Waals surface area contributed by atoms with Crippen molar-refractivity contribution in [2.75, 3.05) is 13.2 Å². The van der Waals surface area contributed by atoms with Gasteiger partial charge in [0.2, 0.25) is 5.91 Å². The lowest BCUT2D eigenvalue weighted by molar-refractivity contribution is -0.302. The summed E-state index contributed by atoms with van der Waals surface area (Å²) < 4.78 is 11.1. The summed E-state index contributed by atoms with van der Waals surface area (Å²) in [5, 5.41) is 53.8. The molecule has 1 saturated heterocycles. The van der Waals surface area contributed by atoms with E-state index in [1.165, 1.54) is 116 Å². The number of aliphatic hydroxyl groups is 5. The van der Waals surface area contributed by atoms with Crippen molar-refractivity contribution in [3.05, 3.63) is 12.2 Å². The fourth-order valence-electron chi connectivity index (χ4n) is 6.33. The zero-order chi connectivity index (χ0) is 35.2. The van der Waals surface area contributed by atoms with E-state index in [1.807, 2.05) is 6.08 Å². The van der Waals surface area contributed by atoms with Gasteiger partial charge in [-0.1, -0.05) is 161 Å². The van der Waals surface area contributed by atoms with Crippen molar-refractivity contribution in [2.45, 2.75) is 217 Å². The first-order chi connectivity index (χ1) is 23.3. The Labute approximate surface area is 293 Å². The maximum absolute atomic E-state index is 12.9. The van der Waals surface area contributed by atoms with Crippen molar-refractivity contribution in [3.8, 4) is 0 Å². The Morgan fingerprint density at radius 1 is 0.688 bits per heavy atom. The Morgan fingerprint density at radius 3 is 1.62 bits per heavy atom. The second-order valence-corrected chi connectivity index (χ2v) is 14.1. The largest absolute Gasteiger partial charge is 0.394 e. The zero-order valence-corrected chi connectivity index (χ0v) is 30.7. The summed E-state index contributed by atoms with van der Waals surface area (Å²) in [4.78, 5) is 12.9. The number of ether oxygens (including phenoxy) is 2. The SMILES string of the molecule is CCCCCCCCCC/C=C/[C@@H](O)[C@H](CO[C@@H]1O[C@H](CO)[C@H](O)C(O)C1O)NC(=O)CCCCCCCCCCCCCCCCC. The molecule has 1 fully saturated rings. The van der Waals surface area contributed by atoms with Crippen LogP contribution in [0.25, 0.3) is 0 Å². The summed E-state index contributed by atoms with van der Waals surface area (Å²) in [5.41, 5.74) is 0. The Morgan fingerprint density at radius 2 is 1.15 bits per heavy atom. The van der Waals surface area contributed by atoms with E-state index in [1.54, 1.807) is 6.08 Å². The lowest BCUT2D eigenvalue weighted by atomic mass is 9.99. The van der Waals surface area contributed by atoms with Gasteiger partial charge in [-0.25, -0.2) is 0 Å². The molecule has 0 spiro atoms. The maximum Gasteiger partial charge on any atom is 0.220 e. The van der Waals surface area contributed by atoms with Gasteiger partial charge in [0, 0.05) is 6.42 Å². The van der Waals surface area contributed by atoms with Crippen molar-refractivity contribution < 1.29 is 39.8 Å².